The van der Waals surface area contributed by atoms with Gasteiger partial charge in [0.15, 0.2) is 0 Å². The fraction of sp³-hybridized carbons (Fsp3) is 0.471. The van der Waals surface area contributed by atoms with Gasteiger partial charge in [0.25, 0.3) is 5.91 Å². The number of aryl methyl sites for hydroxylation is 1. The quantitative estimate of drug-likeness (QED) is 0.815. The minimum absolute atomic E-state index is 0.0223. The lowest BCUT2D eigenvalue weighted by Gasteiger charge is -2.06. The Hall–Kier alpha value is -2.17. The van der Waals surface area contributed by atoms with E-state index in [1.165, 1.54) is 0 Å². The number of nitrogens with one attached hydrogen (secondary N) is 1. The number of carbonyl (C=O) groups is 1. The van der Waals surface area contributed by atoms with E-state index in [1.54, 1.807) is 0 Å². The molecule has 0 fully saturated rings. The van der Waals surface area contributed by atoms with Gasteiger partial charge in [0, 0.05) is 18.3 Å². The molecule has 0 radical (unpaired) electrons. The van der Waals surface area contributed by atoms with E-state index in [2.05, 4.69) is 22.6 Å². The summed E-state index contributed by atoms with van der Waals surface area (Å²) in [5.41, 5.74) is 2.77. The summed E-state index contributed by atoms with van der Waals surface area (Å²) in [5, 5.41) is 11.2. The first-order chi connectivity index (χ1) is 10.7. The SMILES string of the molecule is CCCCc1cn(Cc2cccc(C(=O)NCCC)c2)nn1. The second-order valence-corrected chi connectivity index (χ2v) is 5.47. The number of aromatic nitrogens is 3. The predicted octanol–water partition coefficient (Wildman–Crippen LogP) is 2.81. The highest BCUT2D eigenvalue weighted by molar-refractivity contribution is 5.94. The Morgan fingerprint density at radius 3 is 2.91 bits per heavy atom. The molecule has 0 aliphatic heterocycles. The Balaban J connectivity index is 2.00. The van der Waals surface area contributed by atoms with Crippen LogP contribution < -0.4 is 5.32 Å². The largest absolute Gasteiger partial charge is 0.352 e. The molecule has 1 heterocycles. The molecule has 0 unspecified atom stereocenters. The van der Waals surface area contributed by atoms with Crippen molar-refractivity contribution in [3.05, 3.63) is 47.3 Å². The molecule has 1 N–H and O–H groups in total. The molecule has 0 aliphatic rings. The summed E-state index contributed by atoms with van der Waals surface area (Å²) in [7, 11) is 0. The van der Waals surface area contributed by atoms with Crippen LogP contribution in [-0.4, -0.2) is 27.4 Å². The van der Waals surface area contributed by atoms with E-state index in [1.807, 2.05) is 42.1 Å². The van der Waals surface area contributed by atoms with Crippen molar-refractivity contribution in [2.45, 2.75) is 46.1 Å². The average Bonchev–Trinajstić information content (AvgIpc) is 2.98. The number of benzene rings is 1. The summed E-state index contributed by atoms with van der Waals surface area (Å²) in [4.78, 5) is 12.0. The number of hydrogen-bond acceptors (Lipinski definition) is 3. The highest BCUT2D eigenvalue weighted by Crippen LogP contribution is 2.08. The van der Waals surface area contributed by atoms with Crippen LogP contribution in [0.5, 0.6) is 0 Å². The molecule has 1 amide bonds. The minimum Gasteiger partial charge on any atom is -0.352 e. The molecule has 1 aromatic heterocycles. The van der Waals surface area contributed by atoms with Gasteiger partial charge in [-0.15, -0.1) is 5.10 Å². The van der Waals surface area contributed by atoms with Crippen molar-refractivity contribution in [1.29, 1.82) is 0 Å². The van der Waals surface area contributed by atoms with E-state index >= 15 is 0 Å². The van der Waals surface area contributed by atoms with Gasteiger partial charge in [-0.25, -0.2) is 4.68 Å². The van der Waals surface area contributed by atoms with Crippen LogP contribution in [0.25, 0.3) is 0 Å². The summed E-state index contributed by atoms with van der Waals surface area (Å²) in [6.45, 7) is 5.54. The van der Waals surface area contributed by atoms with E-state index < -0.39 is 0 Å². The molecule has 2 aromatic rings. The third-order valence-corrected chi connectivity index (χ3v) is 3.44. The van der Waals surface area contributed by atoms with Crippen molar-refractivity contribution in [3.63, 3.8) is 0 Å². The topological polar surface area (TPSA) is 59.8 Å². The summed E-state index contributed by atoms with van der Waals surface area (Å²) < 4.78 is 1.83. The summed E-state index contributed by atoms with van der Waals surface area (Å²) in [6.07, 6.45) is 6.17. The van der Waals surface area contributed by atoms with E-state index in [4.69, 9.17) is 0 Å². The van der Waals surface area contributed by atoms with Crippen LogP contribution in [0.2, 0.25) is 0 Å². The van der Waals surface area contributed by atoms with Crippen LogP contribution >= 0.6 is 0 Å². The van der Waals surface area contributed by atoms with Crippen LogP contribution in [0.1, 0.15) is 54.7 Å². The van der Waals surface area contributed by atoms with Crippen LogP contribution in [0.15, 0.2) is 30.5 Å². The first kappa shape index (κ1) is 16.2. The lowest BCUT2D eigenvalue weighted by molar-refractivity contribution is 0.0953. The van der Waals surface area contributed by atoms with Crippen molar-refractivity contribution in [3.8, 4) is 0 Å². The maximum atomic E-state index is 12.0. The molecule has 5 heteroatoms. The fourth-order valence-corrected chi connectivity index (χ4v) is 2.23. The van der Waals surface area contributed by atoms with Crippen LogP contribution in [-0.2, 0) is 13.0 Å². The van der Waals surface area contributed by atoms with Gasteiger partial charge in [0.05, 0.1) is 12.2 Å². The predicted molar refractivity (Wildman–Crippen MR) is 86.8 cm³/mol. The zero-order chi connectivity index (χ0) is 15.8. The van der Waals surface area contributed by atoms with Crippen molar-refractivity contribution >= 4 is 5.91 Å². The minimum atomic E-state index is -0.0223. The molecule has 0 saturated heterocycles. The molecule has 1 aromatic carbocycles. The van der Waals surface area contributed by atoms with E-state index in [0.717, 1.165) is 36.9 Å². The van der Waals surface area contributed by atoms with Crippen LogP contribution in [0, 0.1) is 0 Å². The van der Waals surface area contributed by atoms with Gasteiger partial charge in [0.2, 0.25) is 0 Å². The molecule has 118 valence electrons. The molecule has 0 bridgehead atoms. The molecule has 0 aliphatic carbocycles. The number of hydrogen-bond donors (Lipinski definition) is 1. The van der Waals surface area contributed by atoms with E-state index in [9.17, 15) is 4.79 Å². The lowest BCUT2D eigenvalue weighted by Crippen LogP contribution is -2.24. The van der Waals surface area contributed by atoms with Crippen molar-refractivity contribution in [2.24, 2.45) is 0 Å². The molecule has 0 spiro atoms. The molecular formula is C17H24N4O. The maximum absolute atomic E-state index is 12.0. The Bertz CT molecular complexity index is 606. The second-order valence-electron chi connectivity index (χ2n) is 5.47. The van der Waals surface area contributed by atoms with Crippen LogP contribution in [0.4, 0.5) is 0 Å². The van der Waals surface area contributed by atoms with Gasteiger partial charge >= 0.3 is 0 Å². The number of carbonyl (C=O) groups excluding carboxylic acids is 1. The smallest absolute Gasteiger partial charge is 0.251 e. The Morgan fingerprint density at radius 2 is 2.14 bits per heavy atom. The van der Waals surface area contributed by atoms with E-state index in [-0.39, 0.29) is 5.91 Å². The van der Waals surface area contributed by atoms with Gasteiger partial charge in [-0.2, -0.15) is 0 Å². The summed E-state index contributed by atoms with van der Waals surface area (Å²) in [5.74, 6) is -0.0223. The fourth-order valence-electron chi connectivity index (χ4n) is 2.23. The number of nitrogens with zero attached hydrogens (tertiary/aromatic N) is 3. The van der Waals surface area contributed by atoms with E-state index in [0.29, 0.717) is 18.7 Å². The third kappa shape index (κ3) is 4.69. The third-order valence-electron chi connectivity index (χ3n) is 3.44. The van der Waals surface area contributed by atoms with Crippen molar-refractivity contribution in [2.75, 3.05) is 6.54 Å². The molecule has 22 heavy (non-hydrogen) atoms. The molecule has 5 nitrogen and oxygen atoms in total. The molecule has 2 rings (SSSR count). The zero-order valence-electron chi connectivity index (χ0n) is 13.4. The Kier molecular flexibility index (Phi) is 6.13. The average molecular weight is 300 g/mol. The first-order valence-corrected chi connectivity index (χ1v) is 7.99. The highest BCUT2D eigenvalue weighted by atomic mass is 16.1. The number of amides is 1. The monoisotopic (exact) mass is 300 g/mol. The molecule has 0 saturated carbocycles. The van der Waals surface area contributed by atoms with Gasteiger partial charge in [-0.3, -0.25) is 4.79 Å². The summed E-state index contributed by atoms with van der Waals surface area (Å²) in [6, 6.07) is 7.66. The van der Waals surface area contributed by atoms with Crippen molar-refractivity contribution in [1.82, 2.24) is 20.3 Å². The molecular weight excluding hydrogens is 276 g/mol. The zero-order valence-corrected chi connectivity index (χ0v) is 13.4. The standard InChI is InChI=1S/C17H24N4O/c1-3-5-9-16-13-21(20-19-16)12-14-7-6-8-15(11-14)17(22)18-10-4-2/h6-8,11,13H,3-5,9-10,12H2,1-2H3,(H,18,22). The normalized spacial score (nSPS) is 10.6. The highest BCUT2D eigenvalue weighted by Gasteiger charge is 2.06. The second kappa shape index (κ2) is 8.32. The molecule has 0 atom stereocenters. The summed E-state index contributed by atoms with van der Waals surface area (Å²) >= 11 is 0. The maximum Gasteiger partial charge on any atom is 0.251 e. The van der Waals surface area contributed by atoms with Crippen LogP contribution in [0.3, 0.4) is 0 Å². The van der Waals surface area contributed by atoms with Gasteiger partial charge in [0.1, 0.15) is 0 Å². The lowest BCUT2D eigenvalue weighted by atomic mass is 10.1. The van der Waals surface area contributed by atoms with Gasteiger partial charge in [-0.1, -0.05) is 37.6 Å². The Morgan fingerprint density at radius 1 is 1.27 bits per heavy atom. The Labute approximate surface area is 131 Å². The number of unbranched alkanes of at least 4 members (excludes halogenated alkanes) is 1. The first-order valence-electron chi connectivity index (χ1n) is 7.99. The van der Waals surface area contributed by atoms with Gasteiger partial charge in [-0.05, 0) is 37.0 Å². The van der Waals surface area contributed by atoms with Crippen molar-refractivity contribution < 1.29 is 4.79 Å². The number of rotatable bonds is 8. The van der Waals surface area contributed by atoms with Gasteiger partial charge < -0.3 is 5.32 Å².